The molecule has 0 heterocycles. The van der Waals surface area contributed by atoms with Crippen molar-refractivity contribution < 1.29 is 39.4 Å². The van der Waals surface area contributed by atoms with Crippen LogP contribution in [0.4, 0.5) is 8.78 Å². The van der Waals surface area contributed by atoms with E-state index in [0.29, 0.717) is 11.1 Å². The smallest absolute Gasteiger partial charge is 0.145 e. The molecule has 0 spiro atoms. The van der Waals surface area contributed by atoms with E-state index in [1.54, 1.807) is 6.92 Å². The summed E-state index contributed by atoms with van der Waals surface area (Å²) >= 11 is 5.49. The average molecular weight is 447 g/mol. The van der Waals surface area contributed by atoms with Gasteiger partial charge >= 0.3 is 0 Å². The first-order valence-electron chi connectivity index (χ1n) is 9.26. The number of rotatable bonds is 8. The van der Waals surface area contributed by atoms with Crippen molar-refractivity contribution in [3.8, 4) is 11.1 Å². The highest BCUT2D eigenvalue weighted by Crippen LogP contribution is 2.31. The maximum absolute atomic E-state index is 13.7. The topological polar surface area (TPSA) is 121 Å². The maximum Gasteiger partial charge on any atom is 0.145 e. The minimum absolute atomic E-state index is 0.206. The molecule has 0 saturated heterocycles. The highest BCUT2D eigenvalue weighted by molar-refractivity contribution is 6.31. The van der Waals surface area contributed by atoms with Crippen LogP contribution in [0.15, 0.2) is 30.3 Å². The van der Waals surface area contributed by atoms with Gasteiger partial charge in [-0.1, -0.05) is 36.7 Å². The normalized spacial score (nSPS) is 17.8. The molecule has 6 nitrogen and oxygen atoms in total. The Kier molecular flexibility index (Phi) is 8.29. The molecule has 0 bridgehead atoms. The van der Waals surface area contributed by atoms with Crippen molar-refractivity contribution in [3.05, 3.63) is 58.1 Å². The van der Waals surface area contributed by atoms with Crippen LogP contribution in [-0.2, 0) is 0 Å². The van der Waals surface area contributed by atoms with Gasteiger partial charge in [0.05, 0.1) is 6.10 Å². The molecule has 166 valence electrons. The van der Waals surface area contributed by atoms with Crippen LogP contribution in [-0.4, -0.2) is 61.7 Å². The van der Waals surface area contributed by atoms with Crippen molar-refractivity contribution >= 4 is 11.6 Å². The van der Waals surface area contributed by atoms with Gasteiger partial charge in [-0.15, -0.1) is 0 Å². The first kappa shape index (κ1) is 24.6. The Morgan fingerprint density at radius 2 is 1.37 bits per heavy atom. The third-order valence-corrected chi connectivity index (χ3v) is 5.51. The quantitative estimate of drug-likeness (QED) is 0.343. The number of hydrogen-bond donors (Lipinski definition) is 6. The Hall–Kier alpha value is -1.65. The van der Waals surface area contributed by atoms with Gasteiger partial charge in [-0.25, -0.2) is 8.78 Å². The number of aliphatic hydroxyl groups excluding tert-OH is 6. The minimum atomic E-state index is -1.90. The molecule has 0 saturated carbocycles. The van der Waals surface area contributed by atoms with Crippen LogP contribution < -0.4 is 0 Å². The Bertz CT molecular complexity index is 858. The first-order valence-corrected chi connectivity index (χ1v) is 9.64. The largest absolute Gasteiger partial charge is 0.396 e. The van der Waals surface area contributed by atoms with Crippen molar-refractivity contribution in [2.24, 2.45) is 5.92 Å². The predicted molar refractivity (Wildman–Crippen MR) is 107 cm³/mol. The first-order chi connectivity index (χ1) is 14.0. The number of benzene rings is 2. The molecule has 9 heteroatoms. The number of hydrogen-bond acceptors (Lipinski definition) is 6. The fourth-order valence-corrected chi connectivity index (χ4v) is 3.24. The molecule has 2 aromatic rings. The van der Waals surface area contributed by atoms with Crippen LogP contribution in [0.5, 0.6) is 0 Å². The van der Waals surface area contributed by atoms with Gasteiger partial charge in [-0.3, -0.25) is 0 Å². The zero-order chi connectivity index (χ0) is 22.7. The lowest BCUT2D eigenvalue weighted by Crippen LogP contribution is -2.49. The molecular formula is C21H25ClF2O6. The van der Waals surface area contributed by atoms with Crippen molar-refractivity contribution in [3.63, 3.8) is 0 Å². The summed E-state index contributed by atoms with van der Waals surface area (Å²) in [6, 6.07) is 6.53. The van der Waals surface area contributed by atoms with Gasteiger partial charge in [0.1, 0.15) is 41.1 Å². The number of aryl methyl sites for hydroxylation is 1. The summed E-state index contributed by atoms with van der Waals surface area (Å²) in [4.78, 5) is 0. The fraction of sp³-hybridized carbons (Fsp3) is 0.429. The standard InChI is InChI=1S/C21H25ClF2O6/c1-9-5-11(12-6-14(23)16(22)15(24)7-12)3-4-13(9)18(27)20(29)21(30)19(28)17(26)10(2)8-25/h3-7,10,17-21,25-30H,8H2,1-2H3/t10?,17?,18-,19?,20?,21?/m1/s1. The van der Waals surface area contributed by atoms with Gasteiger partial charge in [0.2, 0.25) is 0 Å². The highest BCUT2D eigenvalue weighted by atomic mass is 35.5. The molecule has 5 unspecified atom stereocenters. The lowest BCUT2D eigenvalue weighted by molar-refractivity contribution is -0.145. The van der Waals surface area contributed by atoms with Crippen molar-refractivity contribution in [2.75, 3.05) is 6.61 Å². The molecular weight excluding hydrogens is 422 g/mol. The van der Waals surface area contributed by atoms with Crippen LogP contribution in [0.3, 0.4) is 0 Å². The van der Waals surface area contributed by atoms with Crippen molar-refractivity contribution in [1.29, 1.82) is 0 Å². The molecule has 2 aromatic carbocycles. The molecule has 0 aliphatic heterocycles. The zero-order valence-electron chi connectivity index (χ0n) is 16.4. The van der Waals surface area contributed by atoms with E-state index in [2.05, 4.69) is 0 Å². The summed E-state index contributed by atoms with van der Waals surface area (Å²) in [7, 11) is 0. The van der Waals surface area contributed by atoms with Crippen molar-refractivity contribution in [2.45, 2.75) is 44.4 Å². The van der Waals surface area contributed by atoms with E-state index in [1.165, 1.54) is 25.1 Å². The zero-order valence-corrected chi connectivity index (χ0v) is 17.1. The van der Waals surface area contributed by atoms with Gasteiger partial charge < -0.3 is 30.6 Å². The van der Waals surface area contributed by atoms with Crippen LogP contribution in [0.25, 0.3) is 11.1 Å². The summed E-state index contributed by atoms with van der Waals surface area (Å²) in [6.45, 7) is 2.58. The second kappa shape index (κ2) is 10.1. The molecule has 0 fully saturated rings. The van der Waals surface area contributed by atoms with E-state index in [9.17, 15) is 34.3 Å². The van der Waals surface area contributed by atoms with Crippen LogP contribution >= 0.6 is 11.6 Å². The van der Waals surface area contributed by atoms with Gasteiger partial charge in [0, 0.05) is 12.5 Å². The summed E-state index contributed by atoms with van der Waals surface area (Å²) in [5.41, 5.74) is 1.30. The maximum atomic E-state index is 13.7. The lowest BCUT2D eigenvalue weighted by Gasteiger charge is -2.31. The van der Waals surface area contributed by atoms with Gasteiger partial charge in [-0.05, 0) is 41.3 Å². The Labute approximate surface area is 177 Å². The monoisotopic (exact) mass is 446 g/mol. The van der Waals surface area contributed by atoms with Crippen molar-refractivity contribution in [1.82, 2.24) is 0 Å². The molecule has 0 aliphatic carbocycles. The van der Waals surface area contributed by atoms with Gasteiger partial charge in [0.15, 0.2) is 0 Å². The van der Waals surface area contributed by atoms with E-state index in [1.807, 2.05) is 0 Å². The van der Waals surface area contributed by atoms with Gasteiger partial charge in [0.25, 0.3) is 0 Å². The molecule has 6 atom stereocenters. The molecule has 2 rings (SSSR count). The lowest BCUT2D eigenvalue weighted by atomic mass is 9.89. The molecule has 0 aromatic heterocycles. The molecule has 6 N–H and O–H groups in total. The highest BCUT2D eigenvalue weighted by Gasteiger charge is 2.37. The molecule has 0 aliphatic rings. The fourth-order valence-electron chi connectivity index (χ4n) is 3.13. The Balaban J connectivity index is 2.25. The number of halogens is 3. The van der Waals surface area contributed by atoms with E-state index in [0.717, 1.165) is 12.1 Å². The SMILES string of the molecule is Cc1cc(-c2cc(F)c(Cl)c(F)c2)ccc1[C@@H](O)C(O)C(O)C(O)C(O)C(C)CO. The molecule has 0 amide bonds. The second-order valence-electron chi connectivity index (χ2n) is 7.39. The van der Waals surface area contributed by atoms with Gasteiger partial charge in [-0.2, -0.15) is 0 Å². The summed E-state index contributed by atoms with van der Waals surface area (Å²) in [5, 5.41) is 59.3. The minimum Gasteiger partial charge on any atom is -0.396 e. The number of aliphatic hydroxyl groups is 6. The van der Waals surface area contributed by atoms with E-state index in [-0.39, 0.29) is 11.1 Å². The predicted octanol–water partition coefficient (Wildman–Crippen LogP) is 1.70. The van der Waals surface area contributed by atoms with Crippen LogP contribution in [0, 0.1) is 24.5 Å². The summed E-state index contributed by atoms with van der Waals surface area (Å²) < 4.78 is 27.4. The second-order valence-corrected chi connectivity index (χ2v) is 7.77. The molecule has 30 heavy (non-hydrogen) atoms. The Morgan fingerprint density at radius 1 is 0.833 bits per heavy atom. The van der Waals surface area contributed by atoms with E-state index < -0.39 is 59.7 Å². The van der Waals surface area contributed by atoms with Crippen LogP contribution in [0.2, 0.25) is 5.02 Å². The van der Waals surface area contributed by atoms with E-state index in [4.69, 9.17) is 16.7 Å². The summed E-state index contributed by atoms with van der Waals surface area (Å²) in [5.74, 6) is -2.60. The third kappa shape index (κ3) is 5.15. The van der Waals surface area contributed by atoms with Crippen LogP contribution in [0.1, 0.15) is 24.2 Å². The third-order valence-electron chi connectivity index (χ3n) is 5.15. The Morgan fingerprint density at radius 3 is 1.87 bits per heavy atom. The summed E-state index contributed by atoms with van der Waals surface area (Å²) in [6.07, 6.45) is -8.71. The molecule has 0 radical (unpaired) electrons. The average Bonchev–Trinajstić information content (AvgIpc) is 2.73. The van der Waals surface area contributed by atoms with E-state index >= 15 is 0 Å².